The topological polar surface area (TPSA) is 39.1 Å². The maximum absolute atomic E-state index is 13.2. The normalized spacial score (nSPS) is 18.6. The van der Waals surface area contributed by atoms with Crippen molar-refractivity contribution in [2.24, 2.45) is 0 Å². The quantitative estimate of drug-likeness (QED) is 0.844. The maximum Gasteiger partial charge on any atom is 0.140 e. The Hall–Kier alpha value is -1.44. The Morgan fingerprint density at radius 1 is 1.41 bits per heavy atom. The molecular formula is C13H16FN3. The predicted molar refractivity (Wildman–Crippen MR) is 64.0 cm³/mol. The van der Waals surface area contributed by atoms with Gasteiger partial charge in [0.1, 0.15) is 11.9 Å². The molecule has 0 saturated carbocycles. The van der Waals surface area contributed by atoms with Gasteiger partial charge in [-0.3, -0.25) is 4.90 Å². The first kappa shape index (κ1) is 12.0. The Kier molecular flexibility index (Phi) is 3.72. The van der Waals surface area contributed by atoms with Crippen molar-refractivity contribution < 1.29 is 4.39 Å². The number of nitrogens with one attached hydrogen (secondary N) is 1. The van der Waals surface area contributed by atoms with Gasteiger partial charge in [-0.15, -0.1) is 0 Å². The lowest BCUT2D eigenvalue weighted by Gasteiger charge is -2.33. The molecule has 1 heterocycles. The molecule has 0 unspecified atom stereocenters. The number of hydrogen-bond donors (Lipinski definition) is 1. The van der Waals surface area contributed by atoms with Gasteiger partial charge in [0.15, 0.2) is 0 Å². The summed E-state index contributed by atoms with van der Waals surface area (Å²) in [5.41, 5.74) is 1.13. The zero-order chi connectivity index (χ0) is 12.3. The highest BCUT2D eigenvalue weighted by Gasteiger charge is 2.18. The lowest BCUT2D eigenvalue weighted by Crippen LogP contribution is -2.44. The van der Waals surface area contributed by atoms with Gasteiger partial charge in [0.2, 0.25) is 0 Å². The van der Waals surface area contributed by atoms with Gasteiger partial charge in [-0.2, -0.15) is 5.26 Å². The van der Waals surface area contributed by atoms with Gasteiger partial charge in [0.25, 0.3) is 0 Å². The third-order valence-electron chi connectivity index (χ3n) is 3.29. The molecule has 0 aliphatic carbocycles. The van der Waals surface area contributed by atoms with Crippen LogP contribution in [-0.4, -0.2) is 31.1 Å². The molecule has 2 rings (SSSR count). The largest absolute Gasteiger partial charge is 0.314 e. The van der Waals surface area contributed by atoms with E-state index in [-0.39, 0.29) is 11.6 Å². The van der Waals surface area contributed by atoms with Crippen LogP contribution in [0.2, 0.25) is 0 Å². The van der Waals surface area contributed by atoms with Gasteiger partial charge < -0.3 is 5.32 Å². The Morgan fingerprint density at radius 3 is 2.76 bits per heavy atom. The molecule has 3 nitrogen and oxygen atoms in total. The number of halogens is 1. The third kappa shape index (κ3) is 2.63. The minimum absolute atomic E-state index is 0.129. The molecule has 0 aromatic heterocycles. The van der Waals surface area contributed by atoms with Gasteiger partial charge in [-0.1, -0.05) is 6.07 Å². The molecule has 4 heteroatoms. The first-order valence-electron chi connectivity index (χ1n) is 5.86. The Bertz CT molecular complexity index is 433. The van der Waals surface area contributed by atoms with Crippen LogP contribution >= 0.6 is 0 Å². The van der Waals surface area contributed by atoms with Crippen molar-refractivity contribution >= 4 is 0 Å². The summed E-state index contributed by atoms with van der Waals surface area (Å²) in [6, 6.07) is 6.92. The molecule has 90 valence electrons. The smallest absolute Gasteiger partial charge is 0.140 e. The van der Waals surface area contributed by atoms with Crippen molar-refractivity contribution in [2.75, 3.05) is 26.2 Å². The van der Waals surface area contributed by atoms with Crippen molar-refractivity contribution in [2.45, 2.75) is 13.0 Å². The Labute approximate surface area is 101 Å². The molecule has 1 atom stereocenters. The monoisotopic (exact) mass is 233 g/mol. The number of piperazine rings is 1. The minimum Gasteiger partial charge on any atom is -0.314 e. The second-order valence-corrected chi connectivity index (χ2v) is 4.31. The van der Waals surface area contributed by atoms with Crippen LogP contribution in [0.4, 0.5) is 4.39 Å². The molecule has 1 N–H and O–H groups in total. The first-order chi connectivity index (χ1) is 8.22. The fourth-order valence-electron chi connectivity index (χ4n) is 2.17. The number of hydrogen-bond acceptors (Lipinski definition) is 3. The SMILES string of the molecule is C[C@H](c1ccc(F)c(C#N)c1)N1CCNCC1. The lowest BCUT2D eigenvalue weighted by atomic mass is 10.0. The van der Waals surface area contributed by atoms with Gasteiger partial charge in [0.05, 0.1) is 5.56 Å². The Balaban J connectivity index is 2.18. The molecule has 1 aliphatic heterocycles. The molecule has 1 aliphatic rings. The number of nitriles is 1. The van der Waals surface area contributed by atoms with Crippen LogP contribution in [0.3, 0.4) is 0 Å². The summed E-state index contributed by atoms with van der Waals surface area (Å²) in [7, 11) is 0. The minimum atomic E-state index is -0.441. The van der Waals surface area contributed by atoms with E-state index in [4.69, 9.17) is 5.26 Å². The number of nitrogens with zero attached hydrogens (tertiary/aromatic N) is 2. The van der Waals surface area contributed by atoms with Gasteiger partial charge >= 0.3 is 0 Å². The zero-order valence-corrected chi connectivity index (χ0v) is 9.91. The number of benzene rings is 1. The molecule has 1 saturated heterocycles. The highest BCUT2D eigenvalue weighted by Crippen LogP contribution is 2.22. The van der Waals surface area contributed by atoms with Crippen LogP contribution in [0.15, 0.2) is 18.2 Å². The molecular weight excluding hydrogens is 217 g/mol. The predicted octanol–water partition coefficient (Wildman–Crippen LogP) is 1.66. The molecule has 0 spiro atoms. The summed E-state index contributed by atoms with van der Waals surface area (Å²) in [5.74, 6) is -0.441. The fourth-order valence-corrected chi connectivity index (χ4v) is 2.17. The van der Waals surface area contributed by atoms with Crippen molar-refractivity contribution in [3.63, 3.8) is 0 Å². The zero-order valence-electron chi connectivity index (χ0n) is 9.91. The molecule has 0 bridgehead atoms. The molecule has 0 radical (unpaired) electrons. The van der Waals surface area contributed by atoms with Gasteiger partial charge in [-0.25, -0.2) is 4.39 Å². The number of rotatable bonds is 2. The van der Waals surface area contributed by atoms with Gasteiger partial charge in [-0.05, 0) is 24.6 Å². The Morgan fingerprint density at radius 2 is 2.12 bits per heavy atom. The maximum atomic E-state index is 13.2. The molecule has 1 aromatic rings. The van der Waals surface area contributed by atoms with E-state index in [0.29, 0.717) is 0 Å². The summed E-state index contributed by atoms with van der Waals surface area (Å²) >= 11 is 0. The molecule has 0 amide bonds. The molecule has 1 fully saturated rings. The highest BCUT2D eigenvalue weighted by molar-refractivity contribution is 5.35. The van der Waals surface area contributed by atoms with E-state index < -0.39 is 5.82 Å². The van der Waals surface area contributed by atoms with Crippen LogP contribution in [0.5, 0.6) is 0 Å². The van der Waals surface area contributed by atoms with Crippen molar-refractivity contribution in [3.8, 4) is 6.07 Å². The van der Waals surface area contributed by atoms with Gasteiger partial charge in [0, 0.05) is 32.2 Å². The van der Waals surface area contributed by atoms with Crippen LogP contribution in [0.25, 0.3) is 0 Å². The molecule has 17 heavy (non-hydrogen) atoms. The standard InChI is InChI=1S/C13H16FN3/c1-10(17-6-4-16-5-7-17)11-2-3-13(14)12(8-11)9-15/h2-3,8,10,16H,4-7H2,1H3/t10-/m1/s1. The summed E-state index contributed by atoms with van der Waals surface area (Å²) in [6.45, 7) is 6.04. The van der Waals surface area contributed by atoms with Crippen LogP contribution in [0, 0.1) is 17.1 Å². The van der Waals surface area contributed by atoms with E-state index in [1.807, 2.05) is 6.07 Å². The van der Waals surface area contributed by atoms with Crippen LogP contribution in [-0.2, 0) is 0 Å². The van der Waals surface area contributed by atoms with E-state index >= 15 is 0 Å². The van der Waals surface area contributed by atoms with Crippen molar-refractivity contribution in [1.82, 2.24) is 10.2 Å². The fraction of sp³-hybridized carbons (Fsp3) is 0.462. The van der Waals surface area contributed by atoms with Crippen molar-refractivity contribution in [3.05, 3.63) is 35.1 Å². The van der Waals surface area contributed by atoms with E-state index in [1.54, 1.807) is 12.1 Å². The van der Waals surface area contributed by atoms with E-state index in [2.05, 4.69) is 17.1 Å². The average Bonchev–Trinajstić information content (AvgIpc) is 2.39. The second-order valence-electron chi connectivity index (χ2n) is 4.31. The highest BCUT2D eigenvalue weighted by atomic mass is 19.1. The summed E-state index contributed by atoms with van der Waals surface area (Å²) in [6.07, 6.45) is 0. The first-order valence-corrected chi connectivity index (χ1v) is 5.86. The summed E-state index contributed by atoms with van der Waals surface area (Å²) < 4.78 is 13.2. The van der Waals surface area contributed by atoms with Crippen molar-refractivity contribution in [1.29, 1.82) is 5.26 Å². The second kappa shape index (κ2) is 5.26. The van der Waals surface area contributed by atoms with E-state index in [1.165, 1.54) is 6.07 Å². The van der Waals surface area contributed by atoms with E-state index in [0.717, 1.165) is 31.7 Å². The molecule has 1 aromatic carbocycles. The van der Waals surface area contributed by atoms with Crippen LogP contribution in [0.1, 0.15) is 24.1 Å². The third-order valence-corrected chi connectivity index (χ3v) is 3.29. The lowest BCUT2D eigenvalue weighted by molar-refractivity contribution is 0.185. The summed E-state index contributed by atoms with van der Waals surface area (Å²) in [5, 5.41) is 12.1. The summed E-state index contributed by atoms with van der Waals surface area (Å²) in [4.78, 5) is 2.34. The average molecular weight is 233 g/mol. The van der Waals surface area contributed by atoms with E-state index in [9.17, 15) is 4.39 Å². The van der Waals surface area contributed by atoms with Crippen LogP contribution < -0.4 is 5.32 Å².